The molecule has 4 heteroatoms. The molecule has 0 saturated carbocycles. The monoisotopic (exact) mass is 249 g/mol. The van der Waals surface area contributed by atoms with Crippen molar-refractivity contribution >= 4 is 11.9 Å². The average molecular weight is 249 g/mol. The number of carbonyl (C=O) groups is 2. The first kappa shape index (κ1) is 14.2. The Balaban J connectivity index is 2.48. The highest BCUT2D eigenvalue weighted by atomic mass is 16.5. The summed E-state index contributed by atoms with van der Waals surface area (Å²) in [5, 5.41) is 2.70. The van der Waals surface area contributed by atoms with Gasteiger partial charge in [0.15, 0.2) is 0 Å². The molecule has 1 amide bonds. The lowest BCUT2D eigenvalue weighted by atomic mass is 10.1. The number of nitrogens with one attached hydrogen (secondary N) is 1. The van der Waals surface area contributed by atoms with Crippen molar-refractivity contribution < 1.29 is 14.3 Å². The number of carbonyl (C=O) groups excluding carboxylic acids is 2. The van der Waals surface area contributed by atoms with Crippen LogP contribution in [0.15, 0.2) is 24.3 Å². The maximum Gasteiger partial charge on any atom is 0.338 e. The fourth-order valence-corrected chi connectivity index (χ4v) is 1.38. The predicted octanol–water partition coefficient (Wildman–Crippen LogP) is 2.28. The SMILES string of the molecule is CCCCOC(=O)c1ccc(CNC(C)=O)cc1. The van der Waals surface area contributed by atoms with Crippen LogP contribution in [0.25, 0.3) is 0 Å². The van der Waals surface area contributed by atoms with Gasteiger partial charge >= 0.3 is 5.97 Å². The molecule has 1 N–H and O–H groups in total. The second kappa shape index (κ2) is 7.48. The second-order valence-electron chi connectivity index (χ2n) is 4.10. The van der Waals surface area contributed by atoms with Crippen LogP contribution < -0.4 is 5.32 Å². The second-order valence-corrected chi connectivity index (χ2v) is 4.10. The van der Waals surface area contributed by atoms with Crippen molar-refractivity contribution in [3.8, 4) is 0 Å². The van der Waals surface area contributed by atoms with Gasteiger partial charge in [-0.05, 0) is 24.1 Å². The predicted molar refractivity (Wildman–Crippen MR) is 69.2 cm³/mol. The first-order valence-electron chi connectivity index (χ1n) is 6.14. The number of amides is 1. The van der Waals surface area contributed by atoms with Gasteiger partial charge in [-0.15, -0.1) is 0 Å². The minimum absolute atomic E-state index is 0.0712. The molecule has 0 atom stereocenters. The topological polar surface area (TPSA) is 55.4 Å². The Morgan fingerprint density at radius 3 is 2.44 bits per heavy atom. The molecule has 1 rings (SSSR count). The smallest absolute Gasteiger partial charge is 0.338 e. The summed E-state index contributed by atoms with van der Waals surface area (Å²) >= 11 is 0. The van der Waals surface area contributed by atoms with Gasteiger partial charge in [0.05, 0.1) is 12.2 Å². The van der Waals surface area contributed by atoms with E-state index in [0.717, 1.165) is 18.4 Å². The number of ether oxygens (including phenoxy) is 1. The first-order valence-corrected chi connectivity index (χ1v) is 6.14. The van der Waals surface area contributed by atoms with Crippen molar-refractivity contribution in [1.29, 1.82) is 0 Å². The summed E-state index contributed by atoms with van der Waals surface area (Å²) in [5.74, 6) is -0.368. The summed E-state index contributed by atoms with van der Waals surface area (Å²) in [4.78, 5) is 22.4. The van der Waals surface area contributed by atoms with Crippen LogP contribution in [0, 0.1) is 0 Å². The lowest BCUT2D eigenvalue weighted by Crippen LogP contribution is -2.18. The third-order valence-electron chi connectivity index (χ3n) is 2.46. The summed E-state index contributed by atoms with van der Waals surface area (Å²) in [6, 6.07) is 7.05. The van der Waals surface area contributed by atoms with E-state index in [2.05, 4.69) is 5.32 Å². The minimum Gasteiger partial charge on any atom is -0.462 e. The molecule has 0 fully saturated rings. The Labute approximate surface area is 107 Å². The van der Waals surface area contributed by atoms with Gasteiger partial charge < -0.3 is 10.1 Å². The van der Waals surface area contributed by atoms with Gasteiger partial charge in [-0.3, -0.25) is 4.79 Å². The van der Waals surface area contributed by atoms with Gasteiger partial charge in [0.1, 0.15) is 0 Å². The zero-order valence-corrected chi connectivity index (χ0v) is 10.9. The van der Waals surface area contributed by atoms with Crippen LogP contribution in [0.3, 0.4) is 0 Å². The van der Waals surface area contributed by atoms with E-state index in [-0.39, 0.29) is 11.9 Å². The van der Waals surface area contributed by atoms with Crippen LogP contribution in [-0.4, -0.2) is 18.5 Å². The highest BCUT2D eigenvalue weighted by Gasteiger charge is 2.06. The Kier molecular flexibility index (Phi) is 5.91. The number of rotatable bonds is 6. The van der Waals surface area contributed by atoms with Crippen LogP contribution in [0.4, 0.5) is 0 Å². The molecule has 0 radical (unpaired) electrons. The molecule has 0 bridgehead atoms. The van der Waals surface area contributed by atoms with Gasteiger partial charge in [-0.2, -0.15) is 0 Å². The normalized spacial score (nSPS) is 9.89. The quantitative estimate of drug-likeness (QED) is 0.621. The third kappa shape index (κ3) is 4.99. The Bertz CT molecular complexity index is 398. The number of hydrogen-bond acceptors (Lipinski definition) is 3. The lowest BCUT2D eigenvalue weighted by Gasteiger charge is -2.05. The van der Waals surface area contributed by atoms with Crippen molar-refractivity contribution in [2.75, 3.05) is 6.61 Å². The molecule has 4 nitrogen and oxygen atoms in total. The molecule has 98 valence electrons. The molecule has 0 aliphatic rings. The van der Waals surface area contributed by atoms with Crippen molar-refractivity contribution in [2.45, 2.75) is 33.2 Å². The number of esters is 1. The molecule has 0 aliphatic heterocycles. The van der Waals surface area contributed by atoms with Crippen molar-refractivity contribution in [1.82, 2.24) is 5.32 Å². The van der Waals surface area contributed by atoms with Crippen LogP contribution in [0.1, 0.15) is 42.6 Å². The Morgan fingerprint density at radius 2 is 1.89 bits per heavy atom. The fraction of sp³-hybridized carbons (Fsp3) is 0.429. The van der Waals surface area contributed by atoms with Gasteiger partial charge in [0, 0.05) is 13.5 Å². The highest BCUT2D eigenvalue weighted by molar-refractivity contribution is 5.89. The van der Waals surface area contributed by atoms with E-state index in [1.54, 1.807) is 12.1 Å². The zero-order chi connectivity index (χ0) is 13.4. The minimum atomic E-state index is -0.297. The lowest BCUT2D eigenvalue weighted by molar-refractivity contribution is -0.119. The number of hydrogen-bond donors (Lipinski definition) is 1. The Hall–Kier alpha value is -1.84. The molecule has 18 heavy (non-hydrogen) atoms. The fourth-order valence-electron chi connectivity index (χ4n) is 1.38. The summed E-state index contributed by atoms with van der Waals surface area (Å²) < 4.78 is 5.10. The van der Waals surface area contributed by atoms with Crippen molar-refractivity contribution in [2.24, 2.45) is 0 Å². The summed E-state index contributed by atoms with van der Waals surface area (Å²) in [6.07, 6.45) is 1.88. The van der Waals surface area contributed by atoms with Crippen LogP contribution in [-0.2, 0) is 16.1 Å². The number of benzene rings is 1. The van der Waals surface area contributed by atoms with Gasteiger partial charge in [-0.1, -0.05) is 25.5 Å². The third-order valence-corrected chi connectivity index (χ3v) is 2.46. The number of unbranched alkanes of at least 4 members (excludes halogenated alkanes) is 1. The van der Waals surface area contributed by atoms with E-state index in [0.29, 0.717) is 18.7 Å². The molecule has 0 unspecified atom stereocenters. The average Bonchev–Trinajstić information content (AvgIpc) is 2.37. The Morgan fingerprint density at radius 1 is 1.22 bits per heavy atom. The van der Waals surface area contributed by atoms with Gasteiger partial charge in [0.25, 0.3) is 0 Å². The summed E-state index contributed by atoms with van der Waals surface area (Å²) in [5.41, 5.74) is 1.49. The van der Waals surface area contributed by atoms with Crippen LogP contribution in [0.5, 0.6) is 0 Å². The molecular formula is C14H19NO3. The zero-order valence-electron chi connectivity index (χ0n) is 10.9. The van der Waals surface area contributed by atoms with E-state index in [4.69, 9.17) is 4.74 Å². The largest absolute Gasteiger partial charge is 0.462 e. The molecular weight excluding hydrogens is 230 g/mol. The molecule has 0 spiro atoms. The molecule has 0 aliphatic carbocycles. The maximum atomic E-state index is 11.6. The summed E-state index contributed by atoms with van der Waals surface area (Å²) in [7, 11) is 0. The molecule has 0 saturated heterocycles. The highest BCUT2D eigenvalue weighted by Crippen LogP contribution is 2.06. The van der Waals surface area contributed by atoms with E-state index < -0.39 is 0 Å². The maximum absolute atomic E-state index is 11.6. The molecule has 1 aromatic carbocycles. The molecule has 0 heterocycles. The van der Waals surface area contributed by atoms with E-state index in [9.17, 15) is 9.59 Å². The van der Waals surface area contributed by atoms with Crippen LogP contribution in [0.2, 0.25) is 0 Å². The molecule has 0 aromatic heterocycles. The van der Waals surface area contributed by atoms with E-state index >= 15 is 0 Å². The standard InChI is InChI=1S/C14H19NO3/c1-3-4-9-18-14(17)13-7-5-12(6-8-13)10-15-11(2)16/h5-8H,3-4,9-10H2,1-2H3,(H,15,16). The van der Waals surface area contributed by atoms with Crippen molar-refractivity contribution in [3.63, 3.8) is 0 Å². The summed E-state index contributed by atoms with van der Waals surface area (Å²) in [6.45, 7) is 4.45. The van der Waals surface area contributed by atoms with Crippen molar-refractivity contribution in [3.05, 3.63) is 35.4 Å². The van der Waals surface area contributed by atoms with E-state index in [1.807, 2.05) is 19.1 Å². The van der Waals surface area contributed by atoms with Crippen LogP contribution >= 0.6 is 0 Å². The van der Waals surface area contributed by atoms with E-state index in [1.165, 1.54) is 6.92 Å². The van der Waals surface area contributed by atoms with Gasteiger partial charge in [-0.25, -0.2) is 4.79 Å². The van der Waals surface area contributed by atoms with Gasteiger partial charge in [0.2, 0.25) is 5.91 Å². The first-order chi connectivity index (χ1) is 8.63. The molecule has 1 aromatic rings.